The summed E-state index contributed by atoms with van der Waals surface area (Å²) in [6.07, 6.45) is 1.92. The molecule has 0 aliphatic heterocycles. The molecule has 2 aromatic heterocycles. The highest BCUT2D eigenvalue weighted by Crippen LogP contribution is 2.16. The van der Waals surface area contributed by atoms with E-state index in [0.717, 1.165) is 12.8 Å². The van der Waals surface area contributed by atoms with E-state index in [1.807, 2.05) is 20.8 Å². The zero-order chi connectivity index (χ0) is 20.8. The normalized spacial score (nSPS) is 11.3. The van der Waals surface area contributed by atoms with Crippen molar-refractivity contribution in [3.05, 3.63) is 26.7 Å². The number of H-pyrrole nitrogens is 1. The Labute approximate surface area is 161 Å². The Morgan fingerprint density at radius 1 is 1.25 bits per heavy atom. The smallest absolute Gasteiger partial charge is 0.330 e. The van der Waals surface area contributed by atoms with Gasteiger partial charge < -0.3 is 15.0 Å². The zero-order valence-corrected chi connectivity index (χ0v) is 16.4. The van der Waals surface area contributed by atoms with Crippen molar-refractivity contribution in [1.82, 2.24) is 24.4 Å². The van der Waals surface area contributed by atoms with Gasteiger partial charge >= 0.3 is 11.7 Å². The topological polar surface area (TPSA) is 139 Å². The maximum Gasteiger partial charge on any atom is 0.330 e. The minimum Gasteiger partial charge on any atom is -0.480 e. The number of nitrogens with zero attached hydrogens (tertiary/aromatic N) is 3. The number of imidazole rings is 1. The van der Waals surface area contributed by atoms with Crippen LogP contribution in [0.4, 0.5) is 0 Å². The summed E-state index contributed by atoms with van der Waals surface area (Å²) in [5.41, 5.74) is -0.345. The first-order chi connectivity index (χ1) is 13.2. The van der Waals surface area contributed by atoms with E-state index >= 15 is 0 Å². The molecule has 28 heavy (non-hydrogen) atoms. The Bertz CT molecular complexity index is 969. The van der Waals surface area contributed by atoms with Crippen molar-refractivity contribution >= 4 is 23.0 Å². The van der Waals surface area contributed by atoms with E-state index in [0.29, 0.717) is 30.1 Å². The van der Waals surface area contributed by atoms with Crippen LogP contribution in [0.1, 0.15) is 45.9 Å². The molecule has 0 radical (unpaired) electrons. The number of carbonyl (C=O) groups is 2. The number of fused-ring (bicyclic) bond motifs is 1. The number of unbranched alkanes of at least 4 members (excludes halogenated alkanes) is 1. The highest BCUT2D eigenvalue weighted by molar-refractivity contribution is 5.81. The number of aliphatic carboxylic acids is 1. The monoisotopic (exact) mass is 393 g/mol. The van der Waals surface area contributed by atoms with Gasteiger partial charge in [0.25, 0.3) is 5.56 Å². The number of rotatable bonds is 10. The number of hydrogen-bond donors (Lipinski definition) is 3. The lowest BCUT2D eigenvalue weighted by atomic mass is 10.2. The van der Waals surface area contributed by atoms with Crippen molar-refractivity contribution in [2.24, 2.45) is 5.92 Å². The number of nitrogens with one attached hydrogen (secondary N) is 2. The Balaban J connectivity index is 2.44. The third kappa shape index (κ3) is 5.08. The number of aromatic nitrogens is 4. The lowest BCUT2D eigenvalue weighted by Gasteiger charge is -2.11. The molecule has 0 aliphatic rings. The van der Waals surface area contributed by atoms with Crippen LogP contribution in [0.25, 0.3) is 11.2 Å². The predicted octanol–water partition coefficient (Wildman–Crippen LogP) is 0.476. The van der Waals surface area contributed by atoms with Crippen molar-refractivity contribution in [3.63, 3.8) is 0 Å². The molecule has 0 saturated heterocycles. The van der Waals surface area contributed by atoms with Crippen molar-refractivity contribution in [2.45, 2.75) is 59.5 Å². The summed E-state index contributed by atoms with van der Waals surface area (Å²) in [6.45, 7) is 6.51. The summed E-state index contributed by atoms with van der Waals surface area (Å²) >= 11 is 0. The van der Waals surface area contributed by atoms with Gasteiger partial charge in [0.05, 0.1) is 0 Å². The molecule has 0 saturated carbocycles. The third-order valence-corrected chi connectivity index (χ3v) is 4.26. The van der Waals surface area contributed by atoms with Gasteiger partial charge in [-0.15, -0.1) is 0 Å². The number of carboxylic acid groups (broad SMARTS) is 1. The second-order valence-corrected chi connectivity index (χ2v) is 7.14. The van der Waals surface area contributed by atoms with E-state index in [9.17, 15) is 19.2 Å². The molecule has 1 amide bonds. The van der Waals surface area contributed by atoms with Gasteiger partial charge in [-0.3, -0.25) is 23.9 Å². The van der Waals surface area contributed by atoms with Gasteiger partial charge in [0.2, 0.25) is 5.91 Å². The summed E-state index contributed by atoms with van der Waals surface area (Å²) in [4.78, 5) is 54.0. The van der Waals surface area contributed by atoms with Gasteiger partial charge in [0.1, 0.15) is 12.4 Å². The molecule has 2 rings (SSSR count). The van der Waals surface area contributed by atoms with Crippen LogP contribution in [0.5, 0.6) is 0 Å². The molecule has 0 spiro atoms. The lowest BCUT2D eigenvalue weighted by Crippen LogP contribution is -2.31. The molecule has 10 nitrogen and oxygen atoms in total. The van der Waals surface area contributed by atoms with Gasteiger partial charge in [0, 0.05) is 25.9 Å². The summed E-state index contributed by atoms with van der Waals surface area (Å²) in [6, 6.07) is 0. The molecule has 3 N–H and O–H groups in total. The zero-order valence-electron chi connectivity index (χ0n) is 16.4. The molecule has 0 bridgehead atoms. The Hall–Kier alpha value is -2.91. The van der Waals surface area contributed by atoms with Gasteiger partial charge in [-0.1, -0.05) is 27.2 Å². The Morgan fingerprint density at radius 3 is 2.57 bits per heavy atom. The van der Waals surface area contributed by atoms with Gasteiger partial charge in [-0.2, -0.15) is 0 Å². The molecule has 154 valence electrons. The van der Waals surface area contributed by atoms with Crippen LogP contribution in [-0.2, 0) is 29.1 Å². The fourth-order valence-corrected chi connectivity index (χ4v) is 2.98. The van der Waals surface area contributed by atoms with Crippen molar-refractivity contribution in [3.8, 4) is 0 Å². The van der Waals surface area contributed by atoms with Gasteiger partial charge in [0.15, 0.2) is 11.2 Å². The van der Waals surface area contributed by atoms with E-state index in [2.05, 4.69) is 15.3 Å². The predicted molar refractivity (Wildman–Crippen MR) is 103 cm³/mol. The van der Waals surface area contributed by atoms with Crippen molar-refractivity contribution in [1.29, 1.82) is 0 Å². The van der Waals surface area contributed by atoms with E-state index in [1.165, 1.54) is 4.57 Å². The van der Waals surface area contributed by atoms with E-state index in [4.69, 9.17) is 5.11 Å². The fraction of sp³-hybridized carbons (Fsp3) is 0.611. The second-order valence-electron chi connectivity index (χ2n) is 7.14. The molecule has 0 atom stereocenters. The first-order valence-electron chi connectivity index (χ1n) is 9.45. The molecule has 0 aromatic carbocycles. The molecule has 2 heterocycles. The molecule has 0 unspecified atom stereocenters. The standard InChI is InChI=1S/C18H27N5O5/c1-4-5-8-22-16-15(17(27)21-18(22)28)23(10-11(2)3)12(20-16)6-7-13(24)19-9-14(25)26/h11H,4-10H2,1-3H3,(H,19,24)(H,25,26)(H,21,27,28). The largest absolute Gasteiger partial charge is 0.480 e. The number of aryl methyl sites for hydroxylation is 2. The van der Waals surface area contributed by atoms with Crippen LogP contribution in [0.15, 0.2) is 9.59 Å². The third-order valence-electron chi connectivity index (χ3n) is 4.26. The van der Waals surface area contributed by atoms with Crippen LogP contribution in [0.2, 0.25) is 0 Å². The van der Waals surface area contributed by atoms with Crippen LogP contribution < -0.4 is 16.6 Å². The Morgan fingerprint density at radius 2 is 1.96 bits per heavy atom. The minimum atomic E-state index is -1.12. The second kappa shape index (κ2) is 9.34. The Kier molecular flexibility index (Phi) is 7.13. The van der Waals surface area contributed by atoms with E-state index < -0.39 is 29.7 Å². The van der Waals surface area contributed by atoms with Crippen LogP contribution >= 0.6 is 0 Å². The maximum absolute atomic E-state index is 12.5. The fourth-order valence-electron chi connectivity index (χ4n) is 2.98. The average Bonchev–Trinajstić information content (AvgIpc) is 2.96. The van der Waals surface area contributed by atoms with Gasteiger partial charge in [-0.25, -0.2) is 9.78 Å². The minimum absolute atomic E-state index is 0.0335. The van der Waals surface area contributed by atoms with Gasteiger partial charge in [-0.05, 0) is 12.3 Å². The number of carboxylic acids is 1. The molecule has 2 aromatic rings. The molecule has 0 aliphatic carbocycles. The van der Waals surface area contributed by atoms with Crippen LogP contribution in [0.3, 0.4) is 0 Å². The number of hydrogen-bond acceptors (Lipinski definition) is 5. The summed E-state index contributed by atoms with van der Waals surface area (Å²) in [5.74, 6) is -0.794. The van der Waals surface area contributed by atoms with E-state index in [-0.39, 0.29) is 18.8 Å². The highest BCUT2D eigenvalue weighted by Gasteiger charge is 2.19. The maximum atomic E-state index is 12.5. The molecule has 0 fully saturated rings. The first-order valence-corrected chi connectivity index (χ1v) is 9.45. The quantitative estimate of drug-likeness (QED) is 0.536. The summed E-state index contributed by atoms with van der Waals surface area (Å²) in [5, 5.41) is 10.9. The lowest BCUT2D eigenvalue weighted by molar-refractivity contribution is -0.137. The number of aromatic amines is 1. The van der Waals surface area contributed by atoms with Crippen molar-refractivity contribution < 1.29 is 14.7 Å². The number of amides is 1. The highest BCUT2D eigenvalue weighted by atomic mass is 16.4. The van der Waals surface area contributed by atoms with Crippen LogP contribution in [0, 0.1) is 5.92 Å². The first kappa shape index (κ1) is 21.4. The molecular formula is C18H27N5O5. The van der Waals surface area contributed by atoms with Crippen LogP contribution in [-0.4, -0.2) is 42.6 Å². The SMILES string of the molecule is CCCCn1c(=O)[nH]c(=O)c2c1nc(CCC(=O)NCC(=O)O)n2CC(C)C. The summed E-state index contributed by atoms with van der Waals surface area (Å²) < 4.78 is 3.22. The van der Waals surface area contributed by atoms with E-state index in [1.54, 1.807) is 4.57 Å². The number of carbonyl (C=O) groups excluding carboxylic acids is 1. The summed E-state index contributed by atoms with van der Waals surface area (Å²) in [7, 11) is 0. The molecular weight excluding hydrogens is 366 g/mol. The van der Waals surface area contributed by atoms with Crippen molar-refractivity contribution in [2.75, 3.05) is 6.54 Å². The average molecular weight is 393 g/mol. The molecule has 10 heteroatoms.